The SMILES string of the molecule is CCOC(=O)C(C)(C)OC. The molecule has 0 amide bonds. The quantitative estimate of drug-likeness (QED) is 0.557. The van der Waals surface area contributed by atoms with Crippen molar-refractivity contribution in [1.82, 2.24) is 0 Å². The maximum atomic E-state index is 10.9. The number of carbonyl (C=O) groups excluding carboxylic acids is 1. The highest BCUT2D eigenvalue weighted by atomic mass is 16.6. The molecule has 0 rings (SSSR count). The second-order valence-electron chi connectivity index (χ2n) is 2.43. The Hall–Kier alpha value is -0.570. The lowest BCUT2D eigenvalue weighted by Crippen LogP contribution is -2.35. The molecule has 0 aliphatic carbocycles. The van der Waals surface area contributed by atoms with Gasteiger partial charge in [-0.25, -0.2) is 4.79 Å². The second kappa shape index (κ2) is 3.56. The normalized spacial score (nSPS) is 11.2. The highest BCUT2D eigenvalue weighted by molar-refractivity contribution is 5.78. The van der Waals surface area contributed by atoms with E-state index in [1.807, 2.05) is 0 Å². The Morgan fingerprint density at radius 2 is 2.00 bits per heavy atom. The van der Waals surface area contributed by atoms with E-state index in [-0.39, 0.29) is 5.97 Å². The van der Waals surface area contributed by atoms with Gasteiger partial charge in [0.2, 0.25) is 0 Å². The van der Waals surface area contributed by atoms with Crippen LogP contribution in [0.5, 0.6) is 0 Å². The predicted molar refractivity (Wildman–Crippen MR) is 37.7 cm³/mol. The maximum absolute atomic E-state index is 10.9. The molecule has 0 N–H and O–H groups in total. The van der Waals surface area contributed by atoms with Crippen molar-refractivity contribution in [2.75, 3.05) is 13.7 Å². The zero-order valence-electron chi connectivity index (χ0n) is 6.93. The van der Waals surface area contributed by atoms with Gasteiger partial charge >= 0.3 is 5.97 Å². The fourth-order valence-corrected chi connectivity index (χ4v) is 0.388. The lowest BCUT2D eigenvalue weighted by molar-refractivity contribution is -0.164. The van der Waals surface area contributed by atoms with Crippen LogP contribution in [0.1, 0.15) is 20.8 Å². The fraction of sp³-hybridized carbons (Fsp3) is 0.857. The summed E-state index contributed by atoms with van der Waals surface area (Å²) in [5, 5.41) is 0. The number of carbonyl (C=O) groups is 1. The van der Waals surface area contributed by atoms with E-state index >= 15 is 0 Å². The van der Waals surface area contributed by atoms with Crippen LogP contribution in [0.25, 0.3) is 0 Å². The van der Waals surface area contributed by atoms with Gasteiger partial charge in [-0.2, -0.15) is 0 Å². The number of rotatable bonds is 3. The minimum Gasteiger partial charge on any atom is -0.464 e. The van der Waals surface area contributed by atoms with E-state index in [2.05, 4.69) is 0 Å². The molecule has 0 aliphatic heterocycles. The first kappa shape index (κ1) is 9.43. The van der Waals surface area contributed by atoms with E-state index in [9.17, 15) is 4.79 Å². The van der Waals surface area contributed by atoms with Crippen molar-refractivity contribution in [3.05, 3.63) is 0 Å². The van der Waals surface area contributed by atoms with Gasteiger partial charge in [-0.1, -0.05) is 0 Å². The van der Waals surface area contributed by atoms with E-state index < -0.39 is 5.60 Å². The molecule has 0 aromatic carbocycles. The zero-order chi connectivity index (χ0) is 8.20. The molecule has 10 heavy (non-hydrogen) atoms. The van der Waals surface area contributed by atoms with E-state index in [0.717, 1.165) is 0 Å². The average Bonchev–Trinajstić information content (AvgIpc) is 1.89. The number of ether oxygens (including phenoxy) is 2. The van der Waals surface area contributed by atoms with Crippen LogP contribution in [0.2, 0.25) is 0 Å². The van der Waals surface area contributed by atoms with Crippen molar-refractivity contribution in [3.63, 3.8) is 0 Å². The van der Waals surface area contributed by atoms with Crippen LogP contribution < -0.4 is 0 Å². The average molecular weight is 146 g/mol. The molecule has 0 heterocycles. The molecule has 0 radical (unpaired) electrons. The van der Waals surface area contributed by atoms with Gasteiger partial charge in [-0.3, -0.25) is 0 Å². The largest absolute Gasteiger partial charge is 0.464 e. The van der Waals surface area contributed by atoms with Crippen LogP contribution in [-0.4, -0.2) is 25.3 Å². The first-order valence-corrected chi connectivity index (χ1v) is 3.27. The van der Waals surface area contributed by atoms with Gasteiger partial charge in [0.05, 0.1) is 6.61 Å². The van der Waals surface area contributed by atoms with E-state index in [1.54, 1.807) is 20.8 Å². The molecule has 0 bridgehead atoms. The molecule has 0 fully saturated rings. The van der Waals surface area contributed by atoms with Gasteiger partial charge in [0, 0.05) is 7.11 Å². The first-order chi connectivity index (χ1) is 4.54. The summed E-state index contributed by atoms with van der Waals surface area (Å²) in [6, 6.07) is 0. The summed E-state index contributed by atoms with van der Waals surface area (Å²) >= 11 is 0. The van der Waals surface area contributed by atoms with Crippen molar-refractivity contribution >= 4 is 5.97 Å². The van der Waals surface area contributed by atoms with Crippen LogP contribution >= 0.6 is 0 Å². The minimum atomic E-state index is -0.810. The third kappa shape index (κ3) is 2.35. The Morgan fingerprint density at radius 3 is 2.30 bits per heavy atom. The number of hydrogen-bond acceptors (Lipinski definition) is 3. The van der Waals surface area contributed by atoms with Gasteiger partial charge in [0.15, 0.2) is 5.60 Å². The molecular weight excluding hydrogens is 132 g/mol. The Morgan fingerprint density at radius 1 is 1.50 bits per heavy atom. The van der Waals surface area contributed by atoms with Crippen LogP contribution in [0.3, 0.4) is 0 Å². The fourth-order valence-electron chi connectivity index (χ4n) is 0.388. The van der Waals surface area contributed by atoms with E-state index in [0.29, 0.717) is 6.61 Å². The molecule has 0 spiro atoms. The molecule has 0 atom stereocenters. The van der Waals surface area contributed by atoms with Crippen LogP contribution in [0, 0.1) is 0 Å². The minimum absolute atomic E-state index is 0.322. The smallest absolute Gasteiger partial charge is 0.337 e. The molecule has 0 saturated carbocycles. The van der Waals surface area contributed by atoms with Gasteiger partial charge in [-0.15, -0.1) is 0 Å². The Balaban J connectivity index is 3.91. The molecule has 0 unspecified atom stereocenters. The van der Waals surface area contributed by atoms with Crippen LogP contribution in [0.15, 0.2) is 0 Å². The van der Waals surface area contributed by atoms with Gasteiger partial charge in [0.1, 0.15) is 0 Å². The summed E-state index contributed by atoms with van der Waals surface area (Å²) in [6.07, 6.45) is 0. The predicted octanol–water partition coefficient (Wildman–Crippen LogP) is 0.974. The van der Waals surface area contributed by atoms with Gasteiger partial charge < -0.3 is 9.47 Å². The lowest BCUT2D eigenvalue weighted by Gasteiger charge is -2.19. The second-order valence-corrected chi connectivity index (χ2v) is 2.43. The molecular formula is C7H14O3. The summed E-state index contributed by atoms with van der Waals surface area (Å²) in [5.41, 5.74) is -0.810. The van der Waals surface area contributed by atoms with E-state index in [4.69, 9.17) is 9.47 Å². The molecule has 60 valence electrons. The van der Waals surface area contributed by atoms with Crippen molar-refractivity contribution < 1.29 is 14.3 Å². The summed E-state index contributed by atoms with van der Waals surface area (Å²) in [7, 11) is 1.48. The molecule has 0 saturated heterocycles. The van der Waals surface area contributed by atoms with Gasteiger partial charge in [0.25, 0.3) is 0 Å². The Bertz CT molecular complexity index is 118. The number of esters is 1. The number of methoxy groups -OCH3 is 1. The number of hydrogen-bond donors (Lipinski definition) is 0. The summed E-state index contributed by atoms with van der Waals surface area (Å²) in [6.45, 7) is 5.51. The highest BCUT2D eigenvalue weighted by Gasteiger charge is 2.28. The molecule has 0 aromatic rings. The van der Waals surface area contributed by atoms with Crippen LogP contribution in [-0.2, 0) is 14.3 Å². The third-order valence-corrected chi connectivity index (χ3v) is 1.28. The Labute approximate surface area is 61.3 Å². The standard InChI is InChI=1S/C7H14O3/c1-5-10-6(8)7(2,3)9-4/h5H2,1-4H3. The summed E-state index contributed by atoms with van der Waals surface area (Å²) < 4.78 is 9.61. The van der Waals surface area contributed by atoms with Gasteiger partial charge in [-0.05, 0) is 20.8 Å². The van der Waals surface area contributed by atoms with Crippen LogP contribution in [0.4, 0.5) is 0 Å². The molecule has 0 aromatic heterocycles. The van der Waals surface area contributed by atoms with Crippen molar-refractivity contribution in [2.45, 2.75) is 26.4 Å². The summed E-state index contributed by atoms with van der Waals surface area (Å²) in [4.78, 5) is 10.9. The molecule has 0 aliphatic rings. The molecule has 3 nitrogen and oxygen atoms in total. The van der Waals surface area contributed by atoms with Crippen molar-refractivity contribution in [2.24, 2.45) is 0 Å². The maximum Gasteiger partial charge on any atom is 0.337 e. The van der Waals surface area contributed by atoms with Crippen molar-refractivity contribution in [1.29, 1.82) is 0 Å². The third-order valence-electron chi connectivity index (χ3n) is 1.28. The summed E-state index contributed by atoms with van der Waals surface area (Å²) in [5.74, 6) is -0.322. The monoisotopic (exact) mass is 146 g/mol. The topological polar surface area (TPSA) is 35.5 Å². The highest BCUT2D eigenvalue weighted by Crippen LogP contribution is 2.08. The Kier molecular flexibility index (Phi) is 3.36. The first-order valence-electron chi connectivity index (χ1n) is 3.27. The molecule has 3 heteroatoms. The van der Waals surface area contributed by atoms with E-state index in [1.165, 1.54) is 7.11 Å². The zero-order valence-corrected chi connectivity index (χ0v) is 6.93. The van der Waals surface area contributed by atoms with Crippen molar-refractivity contribution in [3.8, 4) is 0 Å². The lowest BCUT2D eigenvalue weighted by atomic mass is 10.1.